The molecule has 0 radical (unpaired) electrons. The average molecular weight is 288 g/mol. The van der Waals surface area contributed by atoms with Crippen molar-refractivity contribution in [3.8, 4) is 11.5 Å². The topological polar surface area (TPSA) is 47.7 Å². The summed E-state index contributed by atoms with van der Waals surface area (Å²) in [4.78, 5) is 2.04. The predicted octanol–water partition coefficient (Wildman–Crippen LogP) is 3.34. The highest BCUT2D eigenvalue weighted by Gasteiger charge is 2.21. The highest BCUT2D eigenvalue weighted by atomic mass is 19.1. The third-order valence-electron chi connectivity index (χ3n) is 3.53. The summed E-state index contributed by atoms with van der Waals surface area (Å²) in [5, 5.41) is 0. The maximum atomic E-state index is 13.7. The maximum absolute atomic E-state index is 13.7. The van der Waals surface area contributed by atoms with E-state index in [2.05, 4.69) is 0 Å². The second-order valence-electron chi connectivity index (χ2n) is 4.87. The molecule has 0 bridgehead atoms. The fourth-order valence-electron chi connectivity index (χ4n) is 2.53. The van der Waals surface area contributed by atoms with Gasteiger partial charge in [-0.15, -0.1) is 0 Å². The smallest absolute Gasteiger partial charge is 0.167 e. The van der Waals surface area contributed by atoms with Crippen LogP contribution < -0.4 is 20.1 Å². The summed E-state index contributed by atoms with van der Waals surface area (Å²) in [7, 11) is 1.44. The lowest BCUT2D eigenvalue weighted by Crippen LogP contribution is -2.19. The van der Waals surface area contributed by atoms with Crippen molar-refractivity contribution in [2.24, 2.45) is 0 Å². The molecule has 4 nitrogen and oxygen atoms in total. The van der Waals surface area contributed by atoms with Gasteiger partial charge < -0.3 is 20.1 Å². The Hall–Kier alpha value is -2.43. The number of hydrogen-bond acceptors (Lipinski definition) is 4. The zero-order valence-corrected chi connectivity index (χ0v) is 11.8. The SMILES string of the molecule is COc1cc(N2CCCOc3ccccc32)c(N)cc1F. The van der Waals surface area contributed by atoms with Crippen LogP contribution in [0.1, 0.15) is 6.42 Å². The number of anilines is 3. The molecule has 2 N–H and O–H groups in total. The summed E-state index contributed by atoms with van der Waals surface area (Å²) in [6.45, 7) is 1.39. The zero-order chi connectivity index (χ0) is 14.8. The van der Waals surface area contributed by atoms with Gasteiger partial charge in [0, 0.05) is 18.7 Å². The molecule has 0 saturated heterocycles. The fourth-order valence-corrected chi connectivity index (χ4v) is 2.53. The van der Waals surface area contributed by atoms with Gasteiger partial charge in [0.2, 0.25) is 0 Å². The monoisotopic (exact) mass is 288 g/mol. The van der Waals surface area contributed by atoms with Gasteiger partial charge in [-0.2, -0.15) is 0 Å². The summed E-state index contributed by atoms with van der Waals surface area (Å²) < 4.78 is 24.5. The number of methoxy groups -OCH3 is 1. The summed E-state index contributed by atoms with van der Waals surface area (Å²) in [5.74, 6) is 0.526. The Morgan fingerprint density at radius 2 is 2.05 bits per heavy atom. The number of hydrogen-bond donors (Lipinski definition) is 1. The lowest BCUT2D eigenvalue weighted by atomic mass is 10.2. The van der Waals surface area contributed by atoms with E-state index in [0.717, 1.165) is 30.1 Å². The minimum absolute atomic E-state index is 0.182. The van der Waals surface area contributed by atoms with E-state index in [9.17, 15) is 4.39 Å². The predicted molar refractivity (Wildman–Crippen MR) is 80.9 cm³/mol. The maximum Gasteiger partial charge on any atom is 0.167 e. The van der Waals surface area contributed by atoms with E-state index in [1.807, 2.05) is 29.2 Å². The van der Waals surface area contributed by atoms with Crippen LogP contribution in [0, 0.1) is 5.82 Å². The van der Waals surface area contributed by atoms with Crippen LogP contribution in [0.3, 0.4) is 0 Å². The van der Waals surface area contributed by atoms with Crippen LogP contribution >= 0.6 is 0 Å². The lowest BCUT2D eigenvalue weighted by molar-refractivity contribution is 0.322. The van der Waals surface area contributed by atoms with Crippen molar-refractivity contribution in [1.29, 1.82) is 0 Å². The first kappa shape index (κ1) is 13.5. The van der Waals surface area contributed by atoms with E-state index < -0.39 is 5.82 Å². The van der Waals surface area contributed by atoms with E-state index >= 15 is 0 Å². The summed E-state index contributed by atoms with van der Waals surface area (Å²) in [6.07, 6.45) is 0.855. The Balaban J connectivity index is 2.12. The first-order valence-electron chi connectivity index (χ1n) is 6.83. The van der Waals surface area contributed by atoms with Gasteiger partial charge in [-0.25, -0.2) is 4.39 Å². The van der Waals surface area contributed by atoms with Crippen molar-refractivity contribution in [2.75, 3.05) is 30.9 Å². The number of rotatable bonds is 2. The standard InChI is InChI=1S/C16H17FN2O2/c1-20-16-10-14(12(18)9-11(16)17)19-7-4-8-21-15-6-3-2-5-13(15)19/h2-3,5-6,9-10H,4,7-8,18H2,1H3. The highest BCUT2D eigenvalue weighted by molar-refractivity contribution is 5.79. The molecule has 0 unspecified atom stereocenters. The molecule has 0 aromatic heterocycles. The Kier molecular flexibility index (Phi) is 3.56. The summed E-state index contributed by atoms with van der Waals surface area (Å²) in [6, 6.07) is 10.7. The van der Waals surface area contributed by atoms with Crippen LogP contribution in [-0.4, -0.2) is 20.3 Å². The molecule has 0 aliphatic carbocycles. The first-order chi connectivity index (χ1) is 10.2. The Morgan fingerprint density at radius 3 is 2.86 bits per heavy atom. The van der Waals surface area contributed by atoms with E-state index in [1.54, 1.807) is 6.07 Å². The van der Waals surface area contributed by atoms with Gasteiger partial charge in [-0.05, 0) is 18.6 Å². The zero-order valence-electron chi connectivity index (χ0n) is 11.8. The van der Waals surface area contributed by atoms with Crippen molar-refractivity contribution in [2.45, 2.75) is 6.42 Å². The van der Waals surface area contributed by atoms with Gasteiger partial charge in [0.1, 0.15) is 5.75 Å². The van der Waals surface area contributed by atoms with Crippen LogP contribution in [-0.2, 0) is 0 Å². The second kappa shape index (κ2) is 5.52. The molecule has 1 aliphatic heterocycles. The minimum atomic E-state index is -0.460. The van der Waals surface area contributed by atoms with E-state index in [-0.39, 0.29) is 5.75 Å². The van der Waals surface area contributed by atoms with Crippen LogP contribution in [0.2, 0.25) is 0 Å². The molecule has 1 heterocycles. The van der Waals surface area contributed by atoms with Crippen molar-refractivity contribution in [3.63, 3.8) is 0 Å². The molecule has 1 aliphatic rings. The van der Waals surface area contributed by atoms with Crippen LogP contribution in [0.15, 0.2) is 36.4 Å². The normalized spacial score (nSPS) is 14.1. The molecule has 0 fully saturated rings. The Morgan fingerprint density at radius 1 is 1.24 bits per heavy atom. The number of benzene rings is 2. The molecule has 2 aromatic rings. The van der Waals surface area contributed by atoms with Gasteiger partial charge in [-0.1, -0.05) is 12.1 Å². The van der Waals surface area contributed by atoms with Crippen molar-refractivity contribution in [3.05, 3.63) is 42.2 Å². The van der Waals surface area contributed by atoms with Crippen LogP contribution in [0.5, 0.6) is 11.5 Å². The largest absolute Gasteiger partial charge is 0.494 e. The van der Waals surface area contributed by atoms with E-state index in [0.29, 0.717) is 12.3 Å². The van der Waals surface area contributed by atoms with E-state index in [4.69, 9.17) is 15.2 Å². The van der Waals surface area contributed by atoms with Gasteiger partial charge in [-0.3, -0.25) is 0 Å². The lowest BCUT2D eigenvalue weighted by Gasteiger charge is -2.25. The first-order valence-corrected chi connectivity index (χ1v) is 6.83. The molecule has 3 rings (SSSR count). The molecule has 0 saturated carbocycles. The van der Waals surface area contributed by atoms with Crippen molar-refractivity contribution >= 4 is 17.1 Å². The molecule has 21 heavy (non-hydrogen) atoms. The van der Waals surface area contributed by atoms with Gasteiger partial charge in [0.25, 0.3) is 0 Å². The molecular weight excluding hydrogens is 271 g/mol. The van der Waals surface area contributed by atoms with Crippen molar-refractivity contribution in [1.82, 2.24) is 0 Å². The fraction of sp³-hybridized carbons (Fsp3) is 0.250. The summed E-state index contributed by atoms with van der Waals surface area (Å²) >= 11 is 0. The van der Waals surface area contributed by atoms with Crippen LogP contribution in [0.4, 0.5) is 21.5 Å². The highest BCUT2D eigenvalue weighted by Crippen LogP contribution is 2.40. The second-order valence-corrected chi connectivity index (χ2v) is 4.87. The number of ether oxygens (including phenoxy) is 2. The average Bonchev–Trinajstić information content (AvgIpc) is 2.70. The molecule has 0 atom stereocenters. The van der Waals surface area contributed by atoms with Gasteiger partial charge in [0.15, 0.2) is 11.6 Å². The van der Waals surface area contributed by atoms with Gasteiger partial charge >= 0.3 is 0 Å². The number of halogens is 1. The number of fused-ring (bicyclic) bond motifs is 1. The molecular formula is C16H17FN2O2. The number of nitrogens with zero attached hydrogens (tertiary/aromatic N) is 1. The number of nitrogens with two attached hydrogens (primary N) is 1. The Bertz CT molecular complexity index is 661. The number of para-hydroxylation sites is 2. The molecule has 2 aromatic carbocycles. The van der Waals surface area contributed by atoms with Gasteiger partial charge in [0.05, 0.1) is 30.8 Å². The van der Waals surface area contributed by atoms with Crippen LogP contribution in [0.25, 0.3) is 0 Å². The molecule has 5 heteroatoms. The van der Waals surface area contributed by atoms with Crippen molar-refractivity contribution < 1.29 is 13.9 Å². The molecule has 0 spiro atoms. The third kappa shape index (κ3) is 2.46. The third-order valence-corrected chi connectivity index (χ3v) is 3.53. The van der Waals surface area contributed by atoms with E-state index in [1.165, 1.54) is 13.2 Å². The quantitative estimate of drug-likeness (QED) is 0.861. The minimum Gasteiger partial charge on any atom is -0.494 e. The molecule has 0 amide bonds. The number of nitrogen functional groups attached to an aromatic ring is 1. The molecule has 110 valence electrons. The Labute approximate surface area is 122 Å². The summed E-state index contributed by atoms with van der Waals surface area (Å²) in [5.41, 5.74) is 8.04.